The van der Waals surface area contributed by atoms with E-state index < -0.39 is 0 Å². The van der Waals surface area contributed by atoms with Crippen LogP contribution in [0.15, 0.2) is 47.2 Å². The standard InChI is InChI=1S/C20H21N5OS2/c1-14-5-2-8-24-11-15(21-18(14)24)13-28-20-23-22-19(17-7-4-10-27-17)25(20)12-16-6-3-9-26-16/h2,4-5,7-8,10-11,16H,3,6,9,12-13H2,1H3/t16-/m1/s1. The van der Waals surface area contributed by atoms with Gasteiger partial charge in [0.25, 0.3) is 0 Å². The van der Waals surface area contributed by atoms with Crippen LogP contribution in [0.2, 0.25) is 0 Å². The summed E-state index contributed by atoms with van der Waals surface area (Å²) in [5.41, 5.74) is 3.24. The average molecular weight is 412 g/mol. The molecule has 0 bridgehead atoms. The molecule has 0 N–H and O–H groups in total. The summed E-state index contributed by atoms with van der Waals surface area (Å²) in [6, 6.07) is 8.29. The van der Waals surface area contributed by atoms with E-state index in [2.05, 4.69) is 55.9 Å². The predicted molar refractivity (Wildman–Crippen MR) is 112 cm³/mol. The molecule has 1 saturated heterocycles. The number of hydrogen-bond donors (Lipinski definition) is 0. The second-order valence-electron chi connectivity index (χ2n) is 6.97. The van der Waals surface area contributed by atoms with E-state index in [1.54, 1.807) is 23.1 Å². The molecule has 0 spiro atoms. The first-order valence-corrected chi connectivity index (χ1v) is 11.3. The van der Waals surface area contributed by atoms with Gasteiger partial charge < -0.3 is 9.14 Å². The lowest BCUT2D eigenvalue weighted by atomic mass is 10.2. The Morgan fingerprint density at radius 3 is 3.04 bits per heavy atom. The number of thioether (sulfide) groups is 1. The maximum absolute atomic E-state index is 5.87. The largest absolute Gasteiger partial charge is 0.376 e. The molecular formula is C20H21N5OS2. The number of pyridine rings is 1. The minimum Gasteiger partial charge on any atom is -0.376 e. The van der Waals surface area contributed by atoms with Crippen LogP contribution in [0, 0.1) is 6.92 Å². The number of hydrogen-bond acceptors (Lipinski definition) is 6. The molecule has 1 fully saturated rings. The first kappa shape index (κ1) is 17.9. The van der Waals surface area contributed by atoms with Crippen molar-refractivity contribution < 1.29 is 4.74 Å². The van der Waals surface area contributed by atoms with Crippen LogP contribution in [0.5, 0.6) is 0 Å². The molecule has 4 aromatic heterocycles. The van der Waals surface area contributed by atoms with E-state index in [-0.39, 0.29) is 6.10 Å². The van der Waals surface area contributed by atoms with E-state index in [4.69, 9.17) is 9.72 Å². The summed E-state index contributed by atoms with van der Waals surface area (Å²) in [4.78, 5) is 5.92. The number of nitrogens with zero attached hydrogens (tertiary/aromatic N) is 5. The van der Waals surface area contributed by atoms with Crippen molar-refractivity contribution >= 4 is 28.7 Å². The minimum atomic E-state index is 0.243. The SMILES string of the molecule is Cc1cccn2cc(CSc3nnc(-c4cccs4)n3C[C@H]3CCCO3)nc12. The molecule has 0 aromatic carbocycles. The van der Waals surface area contributed by atoms with Crippen LogP contribution in [0.3, 0.4) is 0 Å². The molecule has 0 saturated carbocycles. The van der Waals surface area contributed by atoms with Crippen molar-refractivity contribution in [1.29, 1.82) is 0 Å². The summed E-state index contributed by atoms with van der Waals surface area (Å²) in [6.07, 6.45) is 6.60. The predicted octanol–water partition coefficient (Wildman–Crippen LogP) is 4.43. The van der Waals surface area contributed by atoms with Crippen molar-refractivity contribution in [2.24, 2.45) is 0 Å². The summed E-state index contributed by atoms with van der Waals surface area (Å²) in [6.45, 7) is 3.74. The molecule has 1 aliphatic rings. The fourth-order valence-corrected chi connectivity index (χ4v) is 5.10. The van der Waals surface area contributed by atoms with Crippen molar-refractivity contribution in [2.75, 3.05) is 6.61 Å². The molecule has 6 nitrogen and oxygen atoms in total. The Kier molecular flexibility index (Phi) is 4.92. The second-order valence-corrected chi connectivity index (χ2v) is 8.86. The van der Waals surface area contributed by atoms with Crippen LogP contribution in [-0.2, 0) is 17.0 Å². The molecule has 4 aromatic rings. The molecule has 0 radical (unpaired) electrons. The topological polar surface area (TPSA) is 57.2 Å². The highest BCUT2D eigenvalue weighted by Crippen LogP contribution is 2.30. The van der Waals surface area contributed by atoms with Crippen molar-refractivity contribution in [3.63, 3.8) is 0 Å². The number of thiophene rings is 1. The molecule has 8 heteroatoms. The monoisotopic (exact) mass is 411 g/mol. The Morgan fingerprint density at radius 2 is 2.25 bits per heavy atom. The van der Waals surface area contributed by atoms with Crippen LogP contribution in [0.25, 0.3) is 16.3 Å². The third kappa shape index (κ3) is 3.47. The molecule has 144 valence electrons. The van der Waals surface area contributed by atoms with Crippen LogP contribution < -0.4 is 0 Å². The maximum Gasteiger partial charge on any atom is 0.191 e. The van der Waals surface area contributed by atoms with Gasteiger partial charge in [-0.3, -0.25) is 4.57 Å². The zero-order valence-electron chi connectivity index (χ0n) is 15.6. The zero-order valence-corrected chi connectivity index (χ0v) is 17.2. The summed E-state index contributed by atoms with van der Waals surface area (Å²) in [5.74, 6) is 1.69. The van der Waals surface area contributed by atoms with E-state index in [0.29, 0.717) is 0 Å². The fraction of sp³-hybridized carbons (Fsp3) is 0.350. The lowest BCUT2D eigenvalue weighted by Crippen LogP contribution is -2.16. The van der Waals surface area contributed by atoms with Gasteiger partial charge in [0.05, 0.1) is 23.2 Å². The van der Waals surface area contributed by atoms with Gasteiger partial charge in [-0.05, 0) is 42.8 Å². The first-order valence-electron chi connectivity index (χ1n) is 9.42. The Balaban J connectivity index is 1.41. The van der Waals surface area contributed by atoms with Gasteiger partial charge in [-0.2, -0.15) is 0 Å². The van der Waals surface area contributed by atoms with Crippen LogP contribution in [-0.4, -0.2) is 36.9 Å². The molecule has 1 atom stereocenters. The van der Waals surface area contributed by atoms with Gasteiger partial charge in [-0.1, -0.05) is 23.9 Å². The van der Waals surface area contributed by atoms with Gasteiger partial charge in [0.2, 0.25) is 0 Å². The third-order valence-corrected chi connectivity index (χ3v) is 6.81. The third-order valence-electron chi connectivity index (χ3n) is 4.95. The molecule has 0 unspecified atom stereocenters. The van der Waals surface area contributed by atoms with E-state index in [0.717, 1.165) is 58.9 Å². The lowest BCUT2D eigenvalue weighted by Gasteiger charge is -2.14. The molecule has 28 heavy (non-hydrogen) atoms. The van der Waals surface area contributed by atoms with Gasteiger partial charge in [0.15, 0.2) is 11.0 Å². The zero-order chi connectivity index (χ0) is 18.9. The van der Waals surface area contributed by atoms with Gasteiger partial charge >= 0.3 is 0 Å². The highest BCUT2D eigenvalue weighted by molar-refractivity contribution is 7.98. The van der Waals surface area contributed by atoms with Gasteiger partial charge in [0, 0.05) is 24.8 Å². The highest BCUT2D eigenvalue weighted by atomic mass is 32.2. The van der Waals surface area contributed by atoms with Gasteiger partial charge in [-0.25, -0.2) is 4.98 Å². The van der Waals surface area contributed by atoms with Gasteiger partial charge in [0.1, 0.15) is 5.65 Å². The number of aryl methyl sites for hydroxylation is 1. The smallest absolute Gasteiger partial charge is 0.191 e. The highest BCUT2D eigenvalue weighted by Gasteiger charge is 2.22. The number of rotatable bonds is 6. The summed E-state index contributed by atoms with van der Waals surface area (Å²) in [7, 11) is 0. The number of imidazole rings is 1. The Labute approximate surface area is 171 Å². The van der Waals surface area contributed by atoms with Crippen LogP contribution >= 0.6 is 23.1 Å². The lowest BCUT2D eigenvalue weighted by molar-refractivity contribution is 0.0953. The van der Waals surface area contributed by atoms with E-state index in [1.165, 1.54) is 5.56 Å². The van der Waals surface area contributed by atoms with Crippen molar-refractivity contribution in [3.05, 3.63) is 53.3 Å². The molecule has 0 amide bonds. The second kappa shape index (κ2) is 7.69. The summed E-state index contributed by atoms with van der Waals surface area (Å²) < 4.78 is 10.2. The number of aromatic nitrogens is 5. The molecule has 1 aliphatic heterocycles. The molecule has 5 heterocycles. The summed E-state index contributed by atoms with van der Waals surface area (Å²) in [5, 5.41) is 12.0. The summed E-state index contributed by atoms with van der Waals surface area (Å²) >= 11 is 3.38. The number of ether oxygens (including phenoxy) is 1. The molecule has 5 rings (SSSR count). The fourth-order valence-electron chi connectivity index (χ4n) is 3.55. The Bertz CT molecular complexity index is 1080. The number of fused-ring (bicyclic) bond motifs is 1. The first-order chi connectivity index (χ1) is 13.8. The van der Waals surface area contributed by atoms with E-state index in [1.807, 2.05) is 12.3 Å². The van der Waals surface area contributed by atoms with Crippen molar-refractivity contribution in [2.45, 2.75) is 43.3 Å². The van der Waals surface area contributed by atoms with E-state index in [9.17, 15) is 0 Å². The Morgan fingerprint density at radius 1 is 1.29 bits per heavy atom. The molecule has 0 aliphatic carbocycles. The molecular weight excluding hydrogens is 390 g/mol. The van der Waals surface area contributed by atoms with Crippen molar-refractivity contribution in [1.82, 2.24) is 24.1 Å². The van der Waals surface area contributed by atoms with Crippen LogP contribution in [0.1, 0.15) is 24.1 Å². The average Bonchev–Trinajstić information content (AvgIpc) is 3.48. The minimum absolute atomic E-state index is 0.243. The normalized spacial score (nSPS) is 17.0. The van der Waals surface area contributed by atoms with E-state index >= 15 is 0 Å². The quantitative estimate of drug-likeness (QED) is 0.439. The maximum atomic E-state index is 5.87. The Hall–Kier alpha value is -2.16. The van der Waals surface area contributed by atoms with Gasteiger partial charge in [-0.15, -0.1) is 21.5 Å². The van der Waals surface area contributed by atoms with Crippen LogP contribution in [0.4, 0.5) is 0 Å². The van der Waals surface area contributed by atoms with Crippen molar-refractivity contribution in [3.8, 4) is 10.7 Å².